The van der Waals surface area contributed by atoms with E-state index in [4.69, 9.17) is 11.5 Å². The van der Waals surface area contributed by atoms with Gasteiger partial charge in [-0.2, -0.15) is 13.2 Å². The number of rotatable bonds is 1. The van der Waals surface area contributed by atoms with Crippen LogP contribution in [0.25, 0.3) is 0 Å². The number of benzene rings is 1. The standard InChI is InChI=1S/C14H19F3N2/c1-13(19)8-10(5-6-12(13)18)9-3-2-4-11(7-9)14(15,16)17/h2-4,7,10,12H,5-6,8,18-19H2,1H3. The van der Waals surface area contributed by atoms with Crippen molar-refractivity contribution in [2.45, 2.75) is 49.9 Å². The first-order valence-corrected chi connectivity index (χ1v) is 6.42. The SMILES string of the molecule is CC1(N)CC(c2cccc(C(F)(F)F)c2)CCC1N. The Hall–Kier alpha value is -1.07. The van der Waals surface area contributed by atoms with E-state index in [0.717, 1.165) is 18.9 Å². The van der Waals surface area contributed by atoms with E-state index in [9.17, 15) is 13.2 Å². The number of nitrogens with two attached hydrogens (primary N) is 2. The topological polar surface area (TPSA) is 52.0 Å². The Morgan fingerprint density at radius 2 is 1.95 bits per heavy atom. The van der Waals surface area contributed by atoms with Gasteiger partial charge in [0.1, 0.15) is 0 Å². The van der Waals surface area contributed by atoms with Crippen LogP contribution in [0.3, 0.4) is 0 Å². The molecule has 2 nitrogen and oxygen atoms in total. The van der Waals surface area contributed by atoms with Gasteiger partial charge in [-0.1, -0.05) is 18.2 Å². The first kappa shape index (κ1) is 14.3. The van der Waals surface area contributed by atoms with Gasteiger partial charge in [-0.05, 0) is 43.7 Å². The van der Waals surface area contributed by atoms with Crippen molar-refractivity contribution in [1.29, 1.82) is 0 Å². The van der Waals surface area contributed by atoms with Crippen LogP contribution in [0.4, 0.5) is 13.2 Å². The molecule has 1 fully saturated rings. The summed E-state index contributed by atoms with van der Waals surface area (Å²) in [5, 5.41) is 0. The fourth-order valence-corrected chi connectivity index (χ4v) is 2.75. The lowest BCUT2D eigenvalue weighted by Gasteiger charge is -2.40. The highest BCUT2D eigenvalue weighted by Crippen LogP contribution is 2.38. The van der Waals surface area contributed by atoms with E-state index in [2.05, 4.69) is 0 Å². The fraction of sp³-hybridized carbons (Fsp3) is 0.571. The average Bonchev–Trinajstić information content (AvgIpc) is 2.32. The molecule has 0 bridgehead atoms. The molecule has 0 spiro atoms. The van der Waals surface area contributed by atoms with Crippen molar-refractivity contribution in [3.63, 3.8) is 0 Å². The Morgan fingerprint density at radius 1 is 1.26 bits per heavy atom. The van der Waals surface area contributed by atoms with Gasteiger partial charge in [-0.15, -0.1) is 0 Å². The molecule has 0 radical (unpaired) electrons. The van der Waals surface area contributed by atoms with Gasteiger partial charge in [0.05, 0.1) is 5.56 Å². The van der Waals surface area contributed by atoms with Gasteiger partial charge in [0.25, 0.3) is 0 Å². The molecule has 0 aliphatic heterocycles. The first-order chi connectivity index (χ1) is 8.70. The summed E-state index contributed by atoms with van der Waals surface area (Å²) in [5.74, 6) is 0.0529. The molecule has 0 heterocycles. The van der Waals surface area contributed by atoms with E-state index in [1.54, 1.807) is 6.07 Å². The van der Waals surface area contributed by atoms with Crippen LogP contribution in [-0.2, 0) is 6.18 Å². The molecule has 1 saturated carbocycles. The fourth-order valence-electron chi connectivity index (χ4n) is 2.75. The van der Waals surface area contributed by atoms with E-state index < -0.39 is 17.3 Å². The molecule has 4 N–H and O–H groups in total. The Bertz CT molecular complexity index is 454. The van der Waals surface area contributed by atoms with Gasteiger partial charge in [0, 0.05) is 11.6 Å². The second-order valence-electron chi connectivity index (χ2n) is 5.71. The molecular formula is C14H19F3N2. The van der Waals surface area contributed by atoms with Crippen molar-refractivity contribution >= 4 is 0 Å². The predicted octanol–water partition coefficient (Wildman–Crippen LogP) is 3.02. The highest BCUT2D eigenvalue weighted by atomic mass is 19.4. The first-order valence-electron chi connectivity index (χ1n) is 6.42. The molecule has 3 atom stereocenters. The van der Waals surface area contributed by atoms with E-state index in [-0.39, 0.29) is 12.0 Å². The normalized spacial score (nSPS) is 32.3. The zero-order valence-electron chi connectivity index (χ0n) is 10.9. The molecule has 2 rings (SSSR count). The van der Waals surface area contributed by atoms with Crippen LogP contribution < -0.4 is 11.5 Å². The summed E-state index contributed by atoms with van der Waals surface area (Å²) in [4.78, 5) is 0. The third kappa shape index (κ3) is 3.09. The van der Waals surface area contributed by atoms with Crippen LogP contribution in [0.15, 0.2) is 24.3 Å². The van der Waals surface area contributed by atoms with Crippen LogP contribution in [0.1, 0.15) is 43.2 Å². The van der Waals surface area contributed by atoms with E-state index in [0.29, 0.717) is 12.0 Å². The van der Waals surface area contributed by atoms with Gasteiger partial charge in [-0.25, -0.2) is 0 Å². The molecule has 5 heteroatoms. The van der Waals surface area contributed by atoms with Crippen molar-refractivity contribution in [2.75, 3.05) is 0 Å². The minimum atomic E-state index is -4.30. The van der Waals surface area contributed by atoms with Crippen LogP contribution in [-0.4, -0.2) is 11.6 Å². The molecular weight excluding hydrogens is 253 g/mol. The van der Waals surface area contributed by atoms with Crippen molar-refractivity contribution < 1.29 is 13.2 Å². The Labute approximate surface area is 111 Å². The zero-order valence-corrected chi connectivity index (χ0v) is 10.9. The van der Waals surface area contributed by atoms with Crippen molar-refractivity contribution in [3.05, 3.63) is 35.4 Å². The highest BCUT2D eigenvalue weighted by molar-refractivity contribution is 5.29. The summed E-state index contributed by atoms with van der Waals surface area (Å²) in [6.07, 6.45) is -2.15. The lowest BCUT2D eigenvalue weighted by molar-refractivity contribution is -0.137. The third-order valence-corrected chi connectivity index (χ3v) is 4.04. The minimum absolute atomic E-state index is 0.0529. The summed E-state index contributed by atoms with van der Waals surface area (Å²) >= 11 is 0. The summed E-state index contributed by atoms with van der Waals surface area (Å²) in [7, 11) is 0. The summed E-state index contributed by atoms with van der Waals surface area (Å²) in [5.41, 5.74) is 11.7. The van der Waals surface area contributed by atoms with E-state index in [1.807, 2.05) is 6.92 Å². The van der Waals surface area contributed by atoms with Crippen molar-refractivity contribution in [1.82, 2.24) is 0 Å². The van der Waals surface area contributed by atoms with Crippen molar-refractivity contribution in [3.8, 4) is 0 Å². The number of halogens is 3. The number of hydrogen-bond acceptors (Lipinski definition) is 2. The molecule has 1 aromatic carbocycles. The molecule has 1 aliphatic rings. The van der Waals surface area contributed by atoms with Gasteiger partial charge >= 0.3 is 6.18 Å². The second-order valence-corrected chi connectivity index (χ2v) is 5.71. The lowest BCUT2D eigenvalue weighted by Crippen LogP contribution is -2.56. The largest absolute Gasteiger partial charge is 0.416 e. The van der Waals surface area contributed by atoms with Gasteiger partial charge in [-0.3, -0.25) is 0 Å². The van der Waals surface area contributed by atoms with Crippen LogP contribution >= 0.6 is 0 Å². The van der Waals surface area contributed by atoms with Gasteiger partial charge in [0.2, 0.25) is 0 Å². The maximum absolute atomic E-state index is 12.7. The van der Waals surface area contributed by atoms with Crippen molar-refractivity contribution in [2.24, 2.45) is 11.5 Å². The molecule has 1 aliphatic carbocycles. The van der Waals surface area contributed by atoms with E-state index >= 15 is 0 Å². The zero-order chi connectivity index (χ0) is 14.3. The van der Waals surface area contributed by atoms with Crippen LogP contribution in [0, 0.1) is 0 Å². The summed E-state index contributed by atoms with van der Waals surface area (Å²) < 4.78 is 38.1. The summed E-state index contributed by atoms with van der Waals surface area (Å²) in [6, 6.07) is 5.44. The average molecular weight is 272 g/mol. The molecule has 3 unspecified atom stereocenters. The minimum Gasteiger partial charge on any atom is -0.326 e. The monoisotopic (exact) mass is 272 g/mol. The number of hydrogen-bond donors (Lipinski definition) is 2. The Kier molecular flexibility index (Phi) is 3.62. The van der Waals surface area contributed by atoms with Gasteiger partial charge < -0.3 is 11.5 Å². The Morgan fingerprint density at radius 3 is 2.53 bits per heavy atom. The molecule has 106 valence electrons. The second kappa shape index (κ2) is 4.80. The molecule has 0 aromatic heterocycles. The maximum atomic E-state index is 12.7. The maximum Gasteiger partial charge on any atom is 0.416 e. The molecule has 0 amide bonds. The smallest absolute Gasteiger partial charge is 0.326 e. The van der Waals surface area contributed by atoms with E-state index in [1.165, 1.54) is 12.1 Å². The molecule has 0 saturated heterocycles. The van der Waals surface area contributed by atoms with Gasteiger partial charge in [0.15, 0.2) is 0 Å². The third-order valence-electron chi connectivity index (χ3n) is 4.04. The van der Waals surface area contributed by atoms with Crippen LogP contribution in [0.2, 0.25) is 0 Å². The summed E-state index contributed by atoms with van der Waals surface area (Å²) in [6.45, 7) is 1.87. The Balaban J connectivity index is 2.24. The molecule has 19 heavy (non-hydrogen) atoms. The predicted molar refractivity (Wildman–Crippen MR) is 68.6 cm³/mol. The lowest BCUT2D eigenvalue weighted by atomic mass is 9.72. The quantitative estimate of drug-likeness (QED) is 0.825. The molecule has 1 aromatic rings. The number of alkyl halides is 3. The highest BCUT2D eigenvalue weighted by Gasteiger charge is 2.36. The van der Waals surface area contributed by atoms with Crippen LogP contribution in [0.5, 0.6) is 0 Å².